The molecule has 0 amide bonds. The number of nitrogens with zero attached hydrogens (tertiary/aromatic N) is 1. The number of hydrogen-bond acceptors (Lipinski definition) is 12. The highest BCUT2D eigenvalue weighted by Crippen LogP contribution is 2.71. The number of hydrogen-bond donors (Lipinski definition) is 0. The van der Waals surface area contributed by atoms with Gasteiger partial charge in [-0.05, 0) is 90.3 Å². The quantitative estimate of drug-likeness (QED) is 0.0328. The minimum atomic E-state index is -0.680. The van der Waals surface area contributed by atoms with Gasteiger partial charge in [-0.25, -0.2) is 14.4 Å². The van der Waals surface area contributed by atoms with Crippen LogP contribution in [0, 0.1) is 21.7 Å². The molecule has 0 N–H and O–H groups in total. The number of rotatable bonds is 41. The zero-order valence-electron chi connectivity index (χ0n) is 44.3. The highest BCUT2D eigenvalue weighted by atomic mass is 16.7. The Hall–Kier alpha value is -2.76. The standard InChI is InChI=1S/C56H101NO11/c1-6-11-14-17-20-23-26-29-37-62-50(59)66-46-54-35-34-53(45-65-49(58)33-32-36-57(9-4)10-5)40-55(42-54,47-67-51(60)63-38-30-27-24-21-18-15-12-7-2)44-56(41-53,43-54)48-68-52(61)64-39-31-28-25-22-19-16-13-8-3/h6-48H2,1-5H3. The summed E-state index contributed by atoms with van der Waals surface area (Å²) in [5.41, 5.74) is -2.09. The molecule has 68 heavy (non-hydrogen) atoms. The minimum absolute atomic E-state index is 0.109. The predicted octanol–water partition coefficient (Wildman–Crippen LogP) is 15.3. The smallest absolute Gasteiger partial charge is 0.465 e. The lowest BCUT2D eigenvalue weighted by Crippen LogP contribution is -2.56. The van der Waals surface area contributed by atoms with Gasteiger partial charge in [0.2, 0.25) is 0 Å². The minimum Gasteiger partial charge on any atom is -0.465 e. The van der Waals surface area contributed by atoms with E-state index < -0.39 is 40.1 Å². The number of fused-ring (bicyclic) bond motifs is 1. The van der Waals surface area contributed by atoms with Crippen LogP contribution < -0.4 is 0 Å². The van der Waals surface area contributed by atoms with Gasteiger partial charge in [0.15, 0.2) is 0 Å². The molecule has 0 heterocycles. The van der Waals surface area contributed by atoms with E-state index in [1.54, 1.807) is 0 Å². The normalized spacial score (nSPS) is 22.7. The van der Waals surface area contributed by atoms with Crippen LogP contribution in [-0.2, 0) is 38.0 Å². The first kappa shape index (κ1) is 59.5. The summed E-state index contributed by atoms with van der Waals surface area (Å²) < 4.78 is 41.2. The lowest BCUT2D eigenvalue weighted by molar-refractivity contribution is -0.171. The van der Waals surface area contributed by atoms with Crippen molar-refractivity contribution in [1.82, 2.24) is 4.90 Å². The van der Waals surface area contributed by atoms with E-state index in [4.69, 9.17) is 33.2 Å². The second-order valence-electron chi connectivity index (χ2n) is 21.8. The maximum atomic E-state index is 13.4. The molecule has 4 bridgehead atoms. The highest BCUT2D eigenvalue weighted by molar-refractivity contribution is 5.69. The molecule has 4 rings (SSSR count). The Morgan fingerprint density at radius 2 is 0.647 bits per heavy atom. The first-order valence-electron chi connectivity index (χ1n) is 28.3. The van der Waals surface area contributed by atoms with Crippen molar-refractivity contribution < 1.29 is 52.3 Å². The Morgan fingerprint density at radius 3 is 0.985 bits per heavy atom. The summed E-state index contributed by atoms with van der Waals surface area (Å²) in [6, 6.07) is 0. The Labute approximate surface area is 414 Å². The molecule has 4 aliphatic rings. The first-order chi connectivity index (χ1) is 33.0. The van der Waals surface area contributed by atoms with E-state index >= 15 is 0 Å². The second kappa shape index (κ2) is 34.5. The van der Waals surface area contributed by atoms with Gasteiger partial charge in [-0.1, -0.05) is 169 Å². The molecule has 2 unspecified atom stereocenters. The van der Waals surface area contributed by atoms with Crippen molar-refractivity contribution in [2.75, 3.05) is 65.9 Å². The average molecular weight is 964 g/mol. The summed E-state index contributed by atoms with van der Waals surface area (Å²) in [6.07, 6.45) is 31.2. The fourth-order valence-corrected chi connectivity index (χ4v) is 12.2. The molecule has 4 saturated carbocycles. The summed E-state index contributed by atoms with van der Waals surface area (Å²) >= 11 is 0. The Kier molecular flexibility index (Phi) is 30.3. The van der Waals surface area contributed by atoms with Crippen LogP contribution in [0.15, 0.2) is 0 Å². The summed E-state index contributed by atoms with van der Waals surface area (Å²) in [6.45, 7) is 15.2. The molecule has 12 heteroatoms. The van der Waals surface area contributed by atoms with Crippen molar-refractivity contribution in [1.29, 1.82) is 0 Å². The lowest BCUT2D eigenvalue weighted by atomic mass is 9.46. The number of ether oxygens (including phenoxy) is 7. The van der Waals surface area contributed by atoms with Crippen LogP contribution in [0.25, 0.3) is 0 Å². The van der Waals surface area contributed by atoms with Crippen molar-refractivity contribution >= 4 is 24.4 Å². The average Bonchev–Trinajstić information content (AvgIpc) is 3.49. The molecule has 0 spiro atoms. The fourth-order valence-electron chi connectivity index (χ4n) is 12.2. The molecular formula is C56H101NO11. The van der Waals surface area contributed by atoms with E-state index in [2.05, 4.69) is 39.5 Å². The molecule has 4 fully saturated rings. The van der Waals surface area contributed by atoms with E-state index in [1.807, 2.05) is 0 Å². The van der Waals surface area contributed by atoms with Gasteiger partial charge in [0, 0.05) is 28.1 Å². The largest absolute Gasteiger partial charge is 0.508 e. The molecule has 4 aliphatic carbocycles. The number of unbranched alkanes of at least 4 members (excludes halogenated alkanes) is 21. The van der Waals surface area contributed by atoms with Crippen LogP contribution in [0.2, 0.25) is 0 Å². The molecular weight excluding hydrogens is 863 g/mol. The van der Waals surface area contributed by atoms with E-state index in [-0.39, 0.29) is 32.4 Å². The topological polar surface area (TPSA) is 136 Å². The number of carbonyl (C=O) groups is 4. The predicted molar refractivity (Wildman–Crippen MR) is 270 cm³/mol. The zero-order valence-corrected chi connectivity index (χ0v) is 44.3. The van der Waals surface area contributed by atoms with E-state index in [0.717, 1.165) is 90.3 Å². The van der Waals surface area contributed by atoms with E-state index in [9.17, 15) is 19.2 Å². The van der Waals surface area contributed by atoms with Gasteiger partial charge in [-0.15, -0.1) is 0 Å². The highest BCUT2D eigenvalue weighted by Gasteiger charge is 2.66. The number of carbonyl (C=O) groups excluding carboxylic acids is 4. The maximum absolute atomic E-state index is 13.4. The third kappa shape index (κ3) is 23.9. The summed E-state index contributed by atoms with van der Waals surface area (Å²) in [7, 11) is 0. The van der Waals surface area contributed by atoms with E-state index in [0.29, 0.717) is 64.8 Å². The molecule has 0 aliphatic heterocycles. The van der Waals surface area contributed by atoms with Gasteiger partial charge in [-0.3, -0.25) is 4.79 Å². The third-order valence-electron chi connectivity index (χ3n) is 15.4. The Balaban J connectivity index is 1.75. The SMILES string of the molecule is CCCCCCCCCCOC(=O)OCC12CCC3(COC(=O)CCCN(CC)CC)CC(COC(=O)OCCCCCCCCCC)(C1)CC(COC(=O)OCCCCCCCCCC)(C3)C2. The van der Waals surface area contributed by atoms with Crippen molar-refractivity contribution in [2.45, 2.75) is 247 Å². The number of esters is 1. The monoisotopic (exact) mass is 964 g/mol. The summed E-state index contributed by atoms with van der Waals surface area (Å²) in [5, 5.41) is 0. The van der Waals surface area contributed by atoms with Gasteiger partial charge in [0.05, 0.1) is 26.4 Å². The van der Waals surface area contributed by atoms with Gasteiger partial charge >= 0.3 is 24.4 Å². The first-order valence-corrected chi connectivity index (χ1v) is 28.3. The van der Waals surface area contributed by atoms with Crippen LogP contribution in [0.1, 0.15) is 247 Å². The molecule has 0 radical (unpaired) electrons. The third-order valence-corrected chi connectivity index (χ3v) is 15.4. The van der Waals surface area contributed by atoms with Gasteiger partial charge in [0.1, 0.15) is 19.8 Å². The van der Waals surface area contributed by atoms with Gasteiger partial charge in [0.25, 0.3) is 0 Å². The summed E-state index contributed by atoms with van der Waals surface area (Å²) in [5.74, 6) is -0.216. The second-order valence-corrected chi connectivity index (χ2v) is 21.8. The van der Waals surface area contributed by atoms with Crippen molar-refractivity contribution in [3.63, 3.8) is 0 Å². The molecule has 2 atom stereocenters. The molecule has 396 valence electrons. The fraction of sp³-hybridized carbons (Fsp3) is 0.929. The molecule has 12 nitrogen and oxygen atoms in total. The maximum Gasteiger partial charge on any atom is 0.508 e. The summed E-state index contributed by atoms with van der Waals surface area (Å²) in [4.78, 5) is 55.4. The Bertz CT molecular complexity index is 1320. The molecule has 0 aromatic carbocycles. The van der Waals surface area contributed by atoms with Gasteiger partial charge in [-0.2, -0.15) is 0 Å². The van der Waals surface area contributed by atoms with Crippen LogP contribution in [0.3, 0.4) is 0 Å². The van der Waals surface area contributed by atoms with Crippen LogP contribution >= 0.6 is 0 Å². The van der Waals surface area contributed by atoms with E-state index in [1.165, 1.54) is 96.3 Å². The van der Waals surface area contributed by atoms with Crippen molar-refractivity contribution in [3.05, 3.63) is 0 Å². The van der Waals surface area contributed by atoms with Gasteiger partial charge < -0.3 is 38.1 Å². The van der Waals surface area contributed by atoms with Crippen molar-refractivity contribution in [2.24, 2.45) is 21.7 Å². The molecule has 0 saturated heterocycles. The molecule has 0 aromatic rings. The van der Waals surface area contributed by atoms with Crippen molar-refractivity contribution in [3.8, 4) is 0 Å². The zero-order chi connectivity index (χ0) is 49.2. The van der Waals surface area contributed by atoms with Crippen LogP contribution in [0.4, 0.5) is 14.4 Å². The van der Waals surface area contributed by atoms with Crippen LogP contribution in [-0.4, -0.2) is 95.2 Å². The molecule has 0 aromatic heterocycles. The lowest BCUT2D eigenvalue weighted by Gasteiger charge is -2.60. The Morgan fingerprint density at radius 1 is 0.353 bits per heavy atom. The van der Waals surface area contributed by atoms with Crippen LogP contribution in [0.5, 0.6) is 0 Å².